The number of methoxy groups -OCH3 is 1. The molecule has 150 valence electrons. The van der Waals surface area contributed by atoms with Crippen LogP contribution in [0, 0.1) is 10.1 Å². The number of amides is 1. The van der Waals surface area contributed by atoms with Crippen molar-refractivity contribution in [2.24, 2.45) is 0 Å². The number of ether oxygens (including phenoxy) is 1. The van der Waals surface area contributed by atoms with Crippen molar-refractivity contribution in [3.63, 3.8) is 0 Å². The lowest BCUT2D eigenvalue weighted by Gasteiger charge is -2.12. The van der Waals surface area contributed by atoms with E-state index in [1.807, 2.05) is 24.3 Å². The van der Waals surface area contributed by atoms with E-state index >= 15 is 0 Å². The summed E-state index contributed by atoms with van der Waals surface area (Å²) in [5.74, 6) is -0.117. The summed E-state index contributed by atoms with van der Waals surface area (Å²) in [6.45, 7) is 0. The minimum atomic E-state index is -0.532. The van der Waals surface area contributed by atoms with Crippen LogP contribution in [-0.2, 0) is 0 Å². The van der Waals surface area contributed by atoms with E-state index in [1.165, 1.54) is 36.6 Å². The number of hydrogen-bond acceptors (Lipinski definition) is 6. The number of nitro benzene ring substituents is 1. The van der Waals surface area contributed by atoms with Gasteiger partial charge in [-0.2, -0.15) is 0 Å². The van der Waals surface area contributed by atoms with E-state index in [2.05, 4.69) is 10.3 Å². The van der Waals surface area contributed by atoms with E-state index in [1.54, 1.807) is 18.2 Å². The molecule has 0 aliphatic heterocycles. The van der Waals surface area contributed by atoms with Crippen LogP contribution in [-0.4, -0.2) is 22.9 Å². The highest BCUT2D eigenvalue weighted by molar-refractivity contribution is 7.19. The predicted molar refractivity (Wildman–Crippen MR) is 118 cm³/mol. The van der Waals surface area contributed by atoms with Crippen molar-refractivity contribution in [2.45, 2.75) is 0 Å². The molecule has 0 spiro atoms. The average Bonchev–Trinajstić information content (AvgIpc) is 3.19. The fourth-order valence-electron chi connectivity index (χ4n) is 3.04. The van der Waals surface area contributed by atoms with Gasteiger partial charge in [-0.1, -0.05) is 29.8 Å². The smallest absolute Gasteiger partial charge is 0.271 e. The molecule has 0 saturated carbocycles. The molecular formula is C21H14ClN3O4S. The first-order valence-corrected chi connectivity index (χ1v) is 9.95. The van der Waals surface area contributed by atoms with E-state index in [-0.39, 0.29) is 11.4 Å². The number of aromatic nitrogens is 1. The molecule has 0 unspecified atom stereocenters. The number of fused-ring (bicyclic) bond motifs is 1. The molecule has 0 saturated heterocycles. The van der Waals surface area contributed by atoms with Crippen molar-refractivity contribution in [3.8, 4) is 16.3 Å². The molecule has 0 bridgehead atoms. The van der Waals surface area contributed by atoms with Gasteiger partial charge in [0.15, 0.2) is 0 Å². The second-order valence-electron chi connectivity index (χ2n) is 6.27. The molecule has 0 aliphatic rings. The largest absolute Gasteiger partial charge is 0.495 e. The molecule has 0 radical (unpaired) electrons. The molecular weight excluding hydrogens is 426 g/mol. The van der Waals surface area contributed by atoms with Crippen LogP contribution in [0.25, 0.3) is 21.5 Å². The van der Waals surface area contributed by atoms with Crippen LogP contribution in [0.4, 0.5) is 11.4 Å². The Bertz CT molecular complexity index is 1290. The molecule has 9 heteroatoms. The summed E-state index contributed by atoms with van der Waals surface area (Å²) in [4.78, 5) is 29.2. The quantitative estimate of drug-likeness (QED) is 0.314. The van der Waals surface area contributed by atoms with E-state index < -0.39 is 10.8 Å². The van der Waals surface area contributed by atoms with Crippen molar-refractivity contribution < 1.29 is 14.5 Å². The maximum atomic E-state index is 13.2. The number of carbonyl (C=O) groups is 1. The number of nitro groups is 1. The van der Waals surface area contributed by atoms with E-state index in [4.69, 9.17) is 16.3 Å². The topological polar surface area (TPSA) is 94.4 Å². The Balaban J connectivity index is 1.80. The molecule has 1 amide bonds. The van der Waals surface area contributed by atoms with E-state index in [0.717, 1.165) is 4.88 Å². The monoisotopic (exact) mass is 439 g/mol. The average molecular weight is 440 g/mol. The number of benzene rings is 2. The molecule has 4 rings (SSSR count). The first kappa shape index (κ1) is 19.8. The van der Waals surface area contributed by atoms with Crippen molar-refractivity contribution in [2.75, 3.05) is 12.4 Å². The highest BCUT2D eigenvalue weighted by atomic mass is 35.5. The maximum Gasteiger partial charge on any atom is 0.271 e. The van der Waals surface area contributed by atoms with Gasteiger partial charge < -0.3 is 10.1 Å². The van der Waals surface area contributed by atoms with Crippen molar-refractivity contribution in [3.05, 3.63) is 80.7 Å². The van der Waals surface area contributed by atoms with Gasteiger partial charge in [0.05, 0.1) is 43.7 Å². The van der Waals surface area contributed by atoms with Gasteiger partial charge in [-0.3, -0.25) is 14.9 Å². The number of pyridine rings is 1. The van der Waals surface area contributed by atoms with E-state index in [9.17, 15) is 14.9 Å². The summed E-state index contributed by atoms with van der Waals surface area (Å²) < 4.78 is 5.86. The van der Waals surface area contributed by atoms with Crippen molar-refractivity contribution in [1.29, 1.82) is 0 Å². The highest BCUT2D eigenvalue weighted by Gasteiger charge is 2.18. The maximum absolute atomic E-state index is 13.2. The Labute approximate surface area is 180 Å². The summed E-state index contributed by atoms with van der Waals surface area (Å²) in [6, 6.07) is 16.6. The zero-order valence-electron chi connectivity index (χ0n) is 15.6. The lowest BCUT2D eigenvalue weighted by Crippen LogP contribution is -2.14. The lowest BCUT2D eigenvalue weighted by molar-refractivity contribution is -0.384. The Morgan fingerprint density at radius 2 is 1.97 bits per heavy atom. The van der Waals surface area contributed by atoms with Crippen LogP contribution in [0.5, 0.6) is 5.75 Å². The van der Waals surface area contributed by atoms with Crippen LogP contribution < -0.4 is 10.1 Å². The minimum absolute atomic E-state index is 0.153. The normalized spacial score (nSPS) is 10.7. The molecule has 4 aromatic rings. The fraction of sp³-hybridized carbons (Fsp3) is 0.0476. The predicted octanol–water partition coefficient (Wildman–Crippen LogP) is 5.79. The number of halogens is 1. The van der Waals surface area contributed by atoms with Crippen LogP contribution in [0.15, 0.2) is 60.7 Å². The Morgan fingerprint density at radius 1 is 1.17 bits per heavy atom. The Morgan fingerprint density at radius 3 is 2.67 bits per heavy atom. The number of para-hydroxylation sites is 1. The summed E-state index contributed by atoms with van der Waals surface area (Å²) >= 11 is 7.42. The van der Waals surface area contributed by atoms with Gasteiger partial charge in [0.25, 0.3) is 11.6 Å². The zero-order chi connectivity index (χ0) is 21.3. The summed E-state index contributed by atoms with van der Waals surface area (Å²) in [7, 11) is 1.43. The van der Waals surface area contributed by atoms with Crippen LogP contribution in [0.2, 0.25) is 4.34 Å². The lowest BCUT2D eigenvalue weighted by atomic mass is 10.1. The summed E-state index contributed by atoms with van der Waals surface area (Å²) in [6.07, 6.45) is 0. The number of rotatable bonds is 5. The number of non-ortho nitro benzene ring substituents is 1. The number of nitrogens with zero attached hydrogens (tertiary/aromatic N) is 2. The molecule has 0 atom stereocenters. The highest BCUT2D eigenvalue weighted by Crippen LogP contribution is 2.33. The molecule has 2 aromatic carbocycles. The minimum Gasteiger partial charge on any atom is -0.495 e. The van der Waals surface area contributed by atoms with Crippen LogP contribution in [0.1, 0.15) is 10.4 Å². The van der Waals surface area contributed by atoms with Gasteiger partial charge in [-0.25, -0.2) is 4.98 Å². The zero-order valence-corrected chi connectivity index (χ0v) is 17.2. The van der Waals surface area contributed by atoms with Gasteiger partial charge in [-0.05, 0) is 30.3 Å². The van der Waals surface area contributed by atoms with Gasteiger partial charge in [0.2, 0.25) is 0 Å². The molecule has 0 aliphatic carbocycles. The van der Waals surface area contributed by atoms with Crippen LogP contribution >= 0.6 is 22.9 Å². The number of thiophene rings is 1. The van der Waals surface area contributed by atoms with Crippen molar-refractivity contribution >= 4 is 51.1 Å². The molecule has 2 aromatic heterocycles. The molecule has 30 heavy (non-hydrogen) atoms. The first-order chi connectivity index (χ1) is 14.5. The summed E-state index contributed by atoms with van der Waals surface area (Å²) in [5, 5.41) is 14.5. The SMILES string of the molecule is COc1ccc([N+](=O)[O-])cc1NC(=O)c1cc(-c2ccc(Cl)s2)nc2ccccc12. The van der Waals surface area contributed by atoms with Gasteiger partial charge in [0, 0.05) is 17.5 Å². The number of nitrogens with one attached hydrogen (secondary N) is 1. The van der Waals surface area contributed by atoms with Crippen LogP contribution in [0.3, 0.4) is 0 Å². The van der Waals surface area contributed by atoms with Crippen molar-refractivity contribution in [1.82, 2.24) is 4.98 Å². The van der Waals surface area contributed by atoms with Gasteiger partial charge in [-0.15, -0.1) is 11.3 Å². The third-order valence-electron chi connectivity index (χ3n) is 4.43. The molecule has 0 fully saturated rings. The third-order valence-corrected chi connectivity index (χ3v) is 5.68. The fourth-order valence-corrected chi connectivity index (χ4v) is 4.04. The standard InChI is InChI=1S/C21H14ClN3O4S/c1-29-18-7-6-12(25(27)28)10-16(18)24-21(26)14-11-17(19-8-9-20(22)30-19)23-15-5-3-2-4-13(14)15/h2-11H,1H3,(H,24,26). The van der Waals surface area contributed by atoms with E-state index in [0.29, 0.717) is 32.2 Å². The number of hydrogen-bond donors (Lipinski definition) is 1. The third kappa shape index (κ3) is 3.83. The Kier molecular flexibility index (Phi) is 5.35. The van der Waals surface area contributed by atoms with Gasteiger partial charge in [0.1, 0.15) is 5.75 Å². The second kappa shape index (κ2) is 8.10. The summed E-state index contributed by atoms with van der Waals surface area (Å²) in [5.41, 5.74) is 1.70. The Hall–Kier alpha value is -3.49. The first-order valence-electron chi connectivity index (χ1n) is 8.75. The van der Waals surface area contributed by atoms with Gasteiger partial charge >= 0.3 is 0 Å². The molecule has 1 N–H and O–H groups in total. The molecule has 2 heterocycles. The number of carbonyl (C=O) groups excluding carboxylic acids is 1. The number of anilines is 1. The molecule has 7 nitrogen and oxygen atoms in total. The second-order valence-corrected chi connectivity index (χ2v) is 7.99.